The van der Waals surface area contributed by atoms with E-state index in [1.165, 1.54) is 18.4 Å². The Balaban J connectivity index is 1.42. The third-order valence-electron chi connectivity index (χ3n) is 6.93. The molecule has 0 N–H and O–H groups in total. The molecule has 0 unspecified atom stereocenters. The monoisotopic (exact) mass is 360 g/mol. The molecule has 1 aromatic rings. The fraction of sp³-hybridized carbons (Fsp3) is 0.800. The van der Waals surface area contributed by atoms with Gasteiger partial charge in [0.25, 0.3) is 0 Å². The maximum absolute atomic E-state index is 13.0. The Labute approximate surface area is 156 Å². The van der Waals surface area contributed by atoms with E-state index in [0.717, 1.165) is 45.6 Å². The van der Waals surface area contributed by atoms with Crippen molar-refractivity contribution in [3.8, 4) is 0 Å². The van der Waals surface area contributed by atoms with E-state index in [2.05, 4.69) is 23.2 Å². The standard InChI is InChI=1S/C20H32N4O2/c1-22-8-4-5-15(18(22)16-12-21-24(3)14-16)13-23(2)19(25)17-11-20(17)6-9-26-10-7-20/h12,14-15,17-18H,4-11,13H2,1-3H3/t15-,17+,18+/m0/s1. The minimum absolute atomic E-state index is 0.231. The van der Waals surface area contributed by atoms with Crippen molar-refractivity contribution in [3.63, 3.8) is 0 Å². The molecule has 1 aliphatic carbocycles. The van der Waals surface area contributed by atoms with E-state index in [0.29, 0.717) is 17.9 Å². The molecule has 0 aromatic carbocycles. The van der Waals surface area contributed by atoms with Crippen LogP contribution in [0.3, 0.4) is 0 Å². The summed E-state index contributed by atoms with van der Waals surface area (Å²) < 4.78 is 7.37. The molecule has 0 bridgehead atoms. The Morgan fingerprint density at radius 1 is 1.38 bits per heavy atom. The second-order valence-corrected chi connectivity index (χ2v) is 8.73. The van der Waals surface area contributed by atoms with Crippen molar-refractivity contribution in [1.82, 2.24) is 19.6 Å². The average molecular weight is 361 g/mol. The molecule has 1 saturated carbocycles. The molecule has 1 amide bonds. The van der Waals surface area contributed by atoms with Crippen LogP contribution in [0.5, 0.6) is 0 Å². The molecule has 6 nitrogen and oxygen atoms in total. The molecule has 26 heavy (non-hydrogen) atoms. The van der Waals surface area contributed by atoms with Crippen molar-refractivity contribution in [1.29, 1.82) is 0 Å². The lowest BCUT2D eigenvalue weighted by Gasteiger charge is -2.40. The highest BCUT2D eigenvalue weighted by Gasteiger charge is 2.58. The Morgan fingerprint density at radius 2 is 2.15 bits per heavy atom. The molecule has 6 heteroatoms. The largest absolute Gasteiger partial charge is 0.381 e. The van der Waals surface area contributed by atoms with E-state index in [1.54, 1.807) is 0 Å². The molecule has 2 aliphatic heterocycles. The summed E-state index contributed by atoms with van der Waals surface area (Å²) in [5.41, 5.74) is 1.53. The summed E-state index contributed by atoms with van der Waals surface area (Å²) in [6, 6.07) is 0.351. The molecule has 1 aromatic heterocycles. The maximum Gasteiger partial charge on any atom is 0.226 e. The number of hydrogen-bond donors (Lipinski definition) is 0. The van der Waals surface area contributed by atoms with Gasteiger partial charge < -0.3 is 9.64 Å². The minimum atomic E-state index is 0.231. The van der Waals surface area contributed by atoms with E-state index in [9.17, 15) is 4.79 Å². The first kappa shape index (κ1) is 18.0. The zero-order valence-corrected chi connectivity index (χ0v) is 16.4. The van der Waals surface area contributed by atoms with Crippen LogP contribution in [-0.2, 0) is 16.6 Å². The molecule has 3 heterocycles. The zero-order valence-electron chi connectivity index (χ0n) is 16.4. The van der Waals surface area contributed by atoms with Gasteiger partial charge in [-0.3, -0.25) is 14.4 Å². The van der Waals surface area contributed by atoms with Gasteiger partial charge in [-0.15, -0.1) is 0 Å². The Kier molecular flexibility index (Phi) is 4.82. The number of carbonyl (C=O) groups is 1. The summed E-state index contributed by atoms with van der Waals surface area (Å²) in [7, 11) is 6.17. The van der Waals surface area contributed by atoms with Gasteiger partial charge in [0.15, 0.2) is 0 Å². The summed E-state index contributed by atoms with van der Waals surface area (Å²) in [6.07, 6.45) is 9.66. The van der Waals surface area contributed by atoms with Gasteiger partial charge in [0.2, 0.25) is 5.91 Å². The van der Waals surface area contributed by atoms with Crippen LogP contribution in [0.1, 0.15) is 43.7 Å². The predicted octanol–water partition coefficient (Wildman–Crippen LogP) is 2.08. The van der Waals surface area contributed by atoms with Crippen LogP contribution in [0.25, 0.3) is 0 Å². The smallest absolute Gasteiger partial charge is 0.226 e. The summed E-state index contributed by atoms with van der Waals surface area (Å²) in [5.74, 6) is 1.05. The van der Waals surface area contributed by atoms with Gasteiger partial charge in [-0.2, -0.15) is 5.10 Å². The van der Waals surface area contributed by atoms with Gasteiger partial charge in [0.1, 0.15) is 0 Å². The van der Waals surface area contributed by atoms with E-state index < -0.39 is 0 Å². The molecule has 2 saturated heterocycles. The highest BCUT2D eigenvalue weighted by molar-refractivity contribution is 5.82. The molecular weight excluding hydrogens is 328 g/mol. The van der Waals surface area contributed by atoms with Crippen LogP contribution < -0.4 is 0 Å². The number of aryl methyl sites for hydroxylation is 1. The number of likely N-dealkylation sites (tertiary alicyclic amines) is 1. The number of rotatable bonds is 4. The Bertz CT molecular complexity index is 652. The van der Waals surface area contributed by atoms with Crippen LogP contribution in [0.2, 0.25) is 0 Å². The van der Waals surface area contributed by atoms with Gasteiger partial charge in [0, 0.05) is 57.6 Å². The number of nitrogens with zero attached hydrogens (tertiary/aromatic N) is 4. The SMILES string of the molecule is CN(C[C@@H]1CCCN(C)[C@H]1c1cnn(C)c1)C(=O)[C@H]1CC12CCOCC2. The van der Waals surface area contributed by atoms with Gasteiger partial charge in [-0.25, -0.2) is 0 Å². The Hall–Kier alpha value is -1.40. The normalized spacial score (nSPS) is 31.1. The van der Waals surface area contributed by atoms with Crippen LogP contribution in [0.15, 0.2) is 12.4 Å². The number of aromatic nitrogens is 2. The lowest BCUT2D eigenvalue weighted by molar-refractivity contribution is -0.133. The fourth-order valence-corrected chi connectivity index (χ4v) is 5.31. The first-order valence-corrected chi connectivity index (χ1v) is 10.0. The first-order chi connectivity index (χ1) is 12.5. The number of hydrogen-bond acceptors (Lipinski definition) is 4. The maximum atomic E-state index is 13.0. The molecular formula is C20H32N4O2. The summed E-state index contributed by atoms with van der Waals surface area (Å²) in [4.78, 5) is 17.5. The second-order valence-electron chi connectivity index (χ2n) is 8.73. The lowest BCUT2D eigenvalue weighted by atomic mass is 9.85. The summed E-state index contributed by atoms with van der Waals surface area (Å²) in [5, 5.41) is 4.37. The summed E-state index contributed by atoms with van der Waals surface area (Å²) >= 11 is 0. The predicted molar refractivity (Wildman–Crippen MR) is 99.5 cm³/mol. The highest BCUT2D eigenvalue weighted by atomic mass is 16.5. The highest BCUT2D eigenvalue weighted by Crippen LogP contribution is 2.59. The average Bonchev–Trinajstić information content (AvgIpc) is 3.13. The number of ether oxygens (including phenoxy) is 1. The minimum Gasteiger partial charge on any atom is -0.381 e. The van der Waals surface area contributed by atoms with Gasteiger partial charge in [0.05, 0.1) is 6.20 Å². The number of piperidine rings is 1. The quantitative estimate of drug-likeness (QED) is 0.825. The molecule has 0 radical (unpaired) electrons. The van der Waals surface area contributed by atoms with Crippen molar-refractivity contribution < 1.29 is 9.53 Å². The van der Waals surface area contributed by atoms with Crippen LogP contribution in [0.4, 0.5) is 0 Å². The zero-order chi connectivity index (χ0) is 18.3. The topological polar surface area (TPSA) is 50.6 Å². The number of amides is 1. The van der Waals surface area contributed by atoms with Crippen molar-refractivity contribution in [3.05, 3.63) is 18.0 Å². The van der Waals surface area contributed by atoms with E-state index >= 15 is 0 Å². The lowest BCUT2D eigenvalue weighted by Crippen LogP contribution is -2.43. The fourth-order valence-electron chi connectivity index (χ4n) is 5.31. The molecule has 3 fully saturated rings. The third-order valence-corrected chi connectivity index (χ3v) is 6.93. The molecule has 3 atom stereocenters. The van der Waals surface area contributed by atoms with Crippen LogP contribution in [-0.4, -0.2) is 65.9 Å². The van der Waals surface area contributed by atoms with Crippen molar-refractivity contribution >= 4 is 5.91 Å². The molecule has 4 rings (SSSR count). The van der Waals surface area contributed by atoms with Gasteiger partial charge >= 0.3 is 0 Å². The number of carbonyl (C=O) groups excluding carboxylic acids is 1. The van der Waals surface area contributed by atoms with Gasteiger partial charge in [-0.1, -0.05) is 0 Å². The van der Waals surface area contributed by atoms with E-state index in [1.807, 2.05) is 29.9 Å². The van der Waals surface area contributed by atoms with Crippen LogP contribution in [0, 0.1) is 17.3 Å². The second kappa shape index (κ2) is 6.97. The van der Waals surface area contributed by atoms with E-state index in [-0.39, 0.29) is 11.3 Å². The third kappa shape index (κ3) is 3.29. The molecule has 1 spiro atoms. The van der Waals surface area contributed by atoms with Gasteiger partial charge in [-0.05, 0) is 57.0 Å². The molecule has 3 aliphatic rings. The van der Waals surface area contributed by atoms with E-state index in [4.69, 9.17) is 4.74 Å². The first-order valence-electron chi connectivity index (χ1n) is 10.0. The molecule has 144 valence electrons. The van der Waals surface area contributed by atoms with Crippen molar-refractivity contribution in [2.24, 2.45) is 24.3 Å². The van der Waals surface area contributed by atoms with Crippen LogP contribution >= 0.6 is 0 Å². The summed E-state index contributed by atoms with van der Waals surface area (Å²) in [6.45, 7) is 3.60. The van der Waals surface area contributed by atoms with Crippen molar-refractivity contribution in [2.45, 2.75) is 38.1 Å². The Morgan fingerprint density at radius 3 is 2.85 bits per heavy atom. The van der Waals surface area contributed by atoms with Crippen molar-refractivity contribution in [2.75, 3.05) is 40.4 Å².